The summed E-state index contributed by atoms with van der Waals surface area (Å²) in [5.41, 5.74) is 8.06. The lowest BCUT2D eigenvalue weighted by atomic mass is 10.1. The Kier molecular flexibility index (Phi) is 3.66. The third-order valence-corrected chi connectivity index (χ3v) is 3.28. The number of ether oxygens (including phenoxy) is 1. The molecule has 0 spiro atoms. The molecule has 0 aromatic heterocycles. The molecular weight excluding hydrogens is 242 g/mol. The molecule has 1 aliphatic heterocycles. The lowest BCUT2D eigenvalue weighted by Gasteiger charge is -2.39. The van der Waals surface area contributed by atoms with E-state index in [2.05, 4.69) is 24.1 Å². The molecular formula is C14H21N3O2. The molecule has 1 aliphatic rings. The largest absolute Gasteiger partial charge is 0.397 e. The van der Waals surface area contributed by atoms with Crippen LogP contribution in [0.2, 0.25) is 0 Å². The number of hydrogen-bond acceptors (Lipinski definition) is 4. The van der Waals surface area contributed by atoms with Gasteiger partial charge < -0.3 is 20.7 Å². The van der Waals surface area contributed by atoms with Gasteiger partial charge in [-0.2, -0.15) is 0 Å². The molecule has 1 heterocycles. The molecule has 1 fully saturated rings. The van der Waals surface area contributed by atoms with Crippen LogP contribution in [0.25, 0.3) is 0 Å². The minimum Gasteiger partial charge on any atom is -0.397 e. The lowest BCUT2D eigenvalue weighted by molar-refractivity contribution is -0.0276. The number of nitrogen functional groups attached to an aromatic ring is 1. The van der Waals surface area contributed by atoms with Crippen LogP contribution in [0.1, 0.15) is 24.2 Å². The molecule has 104 valence electrons. The molecule has 5 heteroatoms. The summed E-state index contributed by atoms with van der Waals surface area (Å²) in [6, 6.07) is 5.42. The zero-order valence-electron chi connectivity index (χ0n) is 11.7. The molecule has 1 saturated heterocycles. The molecule has 1 amide bonds. The normalized spacial score (nSPS) is 18.2. The van der Waals surface area contributed by atoms with E-state index in [0.29, 0.717) is 17.9 Å². The number of benzene rings is 1. The second kappa shape index (κ2) is 5.09. The predicted molar refractivity (Wildman–Crippen MR) is 76.5 cm³/mol. The van der Waals surface area contributed by atoms with E-state index in [-0.39, 0.29) is 11.5 Å². The van der Waals surface area contributed by atoms with Gasteiger partial charge in [-0.1, -0.05) is 0 Å². The lowest BCUT2D eigenvalue weighted by Crippen LogP contribution is -2.48. The van der Waals surface area contributed by atoms with E-state index in [4.69, 9.17) is 10.5 Å². The Balaban J connectivity index is 2.23. The maximum absolute atomic E-state index is 11.6. The fourth-order valence-electron chi connectivity index (χ4n) is 2.35. The minimum absolute atomic E-state index is 0.124. The fourth-order valence-corrected chi connectivity index (χ4v) is 2.35. The maximum Gasteiger partial charge on any atom is 0.251 e. The Morgan fingerprint density at radius 3 is 2.79 bits per heavy atom. The van der Waals surface area contributed by atoms with Crippen LogP contribution in [0.15, 0.2) is 18.2 Å². The van der Waals surface area contributed by atoms with Crippen molar-refractivity contribution in [2.75, 3.05) is 37.4 Å². The number of amides is 1. The van der Waals surface area contributed by atoms with Crippen LogP contribution in [0, 0.1) is 0 Å². The van der Waals surface area contributed by atoms with Crippen LogP contribution >= 0.6 is 0 Å². The van der Waals surface area contributed by atoms with Crippen molar-refractivity contribution in [3.8, 4) is 0 Å². The second-order valence-corrected chi connectivity index (χ2v) is 5.38. The van der Waals surface area contributed by atoms with E-state index in [9.17, 15) is 4.79 Å². The number of nitrogens with zero attached hydrogens (tertiary/aromatic N) is 1. The fraction of sp³-hybridized carbons (Fsp3) is 0.500. The van der Waals surface area contributed by atoms with Gasteiger partial charge >= 0.3 is 0 Å². The Morgan fingerprint density at radius 2 is 2.21 bits per heavy atom. The van der Waals surface area contributed by atoms with Gasteiger partial charge in [-0.15, -0.1) is 0 Å². The molecule has 0 aliphatic carbocycles. The zero-order chi connectivity index (χ0) is 14.0. The third kappa shape index (κ3) is 2.98. The first kappa shape index (κ1) is 13.7. The standard InChI is InChI=1S/C14H21N3O2/c1-14(2)9-17(6-7-19-14)12-5-4-10(8-11(12)15)13(18)16-3/h4-5,8H,6-7,9,15H2,1-3H3,(H,16,18). The molecule has 0 saturated carbocycles. The highest BCUT2D eigenvalue weighted by Gasteiger charge is 2.28. The number of rotatable bonds is 2. The number of nitrogens with two attached hydrogens (primary N) is 1. The van der Waals surface area contributed by atoms with Crippen LogP contribution in [-0.4, -0.2) is 38.3 Å². The summed E-state index contributed by atoms with van der Waals surface area (Å²) in [7, 11) is 1.61. The average molecular weight is 263 g/mol. The number of carbonyl (C=O) groups excluding carboxylic acids is 1. The van der Waals surface area contributed by atoms with Gasteiger partial charge in [-0.3, -0.25) is 4.79 Å². The van der Waals surface area contributed by atoms with Gasteiger partial charge in [0, 0.05) is 25.7 Å². The van der Waals surface area contributed by atoms with Gasteiger partial charge in [0.15, 0.2) is 0 Å². The van der Waals surface area contributed by atoms with E-state index < -0.39 is 0 Å². The monoisotopic (exact) mass is 263 g/mol. The van der Waals surface area contributed by atoms with Gasteiger partial charge in [0.2, 0.25) is 0 Å². The molecule has 19 heavy (non-hydrogen) atoms. The van der Waals surface area contributed by atoms with Crippen molar-refractivity contribution in [1.29, 1.82) is 0 Å². The van der Waals surface area contributed by atoms with Crippen molar-refractivity contribution in [3.63, 3.8) is 0 Å². The molecule has 3 N–H and O–H groups in total. The first-order chi connectivity index (χ1) is 8.93. The van der Waals surface area contributed by atoms with Gasteiger partial charge in [0.25, 0.3) is 5.91 Å². The van der Waals surface area contributed by atoms with E-state index >= 15 is 0 Å². The molecule has 0 unspecified atom stereocenters. The smallest absolute Gasteiger partial charge is 0.251 e. The highest BCUT2D eigenvalue weighted by Crippen LogP contribution is 2.28. The molecule has 5 nitrogen and oxygen atoms in total. The zero-order valence-corrected chi connectivity index (χ0v) is 11.7. The topological polar surface area (TPSA) is 67.6 Å². The van der Waals surface area contributed by atoms with Crippen LogP contribution in [-0.2, 0) is 4.74 Å². The third-order valence-electron chi connectivity index (χ3n) is 3.28. The predicted octanol–water partition coefficient (Wildman–Crippen LogP) is 1.24. The number of carbonyl (C=O) groups is 1. The van der Waals surface area contributed by atoms with Crippen LogP contribution < -0.4 is 16.0 Å². The second-order valence-electron chi connectivity index (χ2n) is 5.38. The first-order valence-corrected chi connectivity index (χ1v) is 6.43. The Bertz CT molecular complexity index is 486. The summed E-state index contributed by atoms with van der Waals surface area (Å²) in [4.78, 5) is 13.8. The molecule has 2 rings (SSSR count). The first-order valence-electron chi connectivity index (χ1n) is 6.43. The van der Waals surface area contributed by atoms with Crippen LogP contribution in [0.5, 0.6) is 0 Å². The van der Waals surface area contributed by atoms with Crippen molar-refractivity contribution >= 4 is 17.3 Å². The van der Waals surface area contributed by atoms with Crippen molar-refractivity contribution < 1.29 is 9.53 Å². The Morgan fingerprint density at radius 1 is 1.47 bits per heavy atom. The number of anilines is 2. The van der Waals surface area contributed by atoms with Gasteiger partial charge in [0.05, 0.1) is 23.6 Å². The van der Waals surface area contributed by atoms with Crippen molar-refractivity contribution in [3.05, 3.63) is 23.8 Å². The summed E-state index contributed by atoms with van der Waals surface area (Å²) >= 11 is 0. The quantitative estimate of drug-likeness (QED) is 0.788. The summed E-state index contributed by atoms with van der Waals surface area (Å²) in [5, 5.41) is 2.59. The van der Waals surface area contributed by atoms with Crippen LogP contribution in [0.3, 0.4) is 0 Å². The van der Waals surface area contributed by atoms with E-state index in [1.807, 2.05) is 6.07 Å². The van der Waals surface area contributed by atoms with Gasteiger partial charge in [-0.25, -0.2) is 0 Å². The average Bonchev–Trinajstić information content (AvgIpc) is 2.36. The van der Waals surface area contributed by atoms with Gasteiger partial charge in [-0.05, 0) is 32.0 Å². The Hall–Kier alpha value is -1.75. The summed E-state index contributed by atoms with van der Waals surface area (Å²) in [6.07, 6.45) is 0. The summed E-state index contributed by atoms with van der Waals surface area (Å²) in [5.74, 6) is -0.124. The van der Waals surface area contributed by atoms with Crippen molar-refractivity contribution in [2.24, 2.45) is 0 Å². The maximum atomic E-state index is 11.6. The highest BCUT2D eigenvalue weighted by molar-refractivity contribution is 5.96. The molecule has 0 atom stereocenters. The van der Waals surface area contributed by atoms with Crippen molar-refractivity contribution in [2.45, 2.75) is 19.4 Å². The molecule has 0 radical (unpaired) electrons. The van der Waals surface area contributed by atoms with E-state index in [0.717, 1.165) is 18.8 Å². The number of nitrogens with one attached hydrogen (secondary N) is 1. The molecule has 0 bridgehead atoms. The molecule has 1 aromatic carbocycles. The minimum atomic E-state index is -0.176. The SMILES string of the molecule is CNC(=O)c1ccc(N2CCOC(C)(C)C2)c(N)c1. The number of morpholine rings is 1. The number of hydrogen-bond donors (Lipinski definition) is 2. The summed E-state index contributed by atoms with van der Waals surface area (Å²) < 4.78 is 5.69. The van der Waals surface area contributed by atoms with E-state index in [1.165, 1.54) is 0 Å². The van der Waals surface area contributed by atoms with Gasteiger partial charge in [0.1, 0.15) is 0 Å². The van der Waals surface area contributed by atoms with Crippen LogP contribution in [0.4, 0.5) is 11.4 Å². The van der Waals surface area contributed by atoms with E-state index in [1.54, 1.807) is 19.2 Å². The van der Waals surface area contributed by atoms with Crippen molar-refractivity contribution in [1.82, 2.24) is 5.32 Å². The summed E-state index contributed by atoms with van der Waals surface area (Å²) in [6.45, 7) is 6.41. The Labute approximate surface area is 113 Å². The highest BCUT2D eigenvalue weighted by atomic mass is 16.5. The molecule has 1 aromatic rings.